The average Bonchev–Trinajstić information content (AvgIpc) is 3.18. The van der Waals surface area contributed by atoms with Gasteiger partial charge in [0, 0.05) is 35.1 Å². The van der Waals surface area contributed by atoms with Crippen molar-refractivity contribution < 1.29 is 28.1 Å². The Bertz CT molecular complexity index is 1340. The van der Waals surface area contributed by atoms with Crippen molar-refractivity contribution in [3.05, 3.63) is 77.9 Å². The van der Waals surface area contributed by atoms with E-state index in [0.29, 0.717) is 18.8 Å². The van der Waals surface area contributed by atoms with E-state index in [9.17, 15) is 23.4 Å². The van der Waals surface area contributed by atoms with Crippen molar-refractivity contribution in [1.29, 1.82) is 0 Å². The Hall–Kier alpha value is -3.23. The number of benzene rings is 3. The highest BCUT2D eigenvalue weighted by Gasteiger charge is 2.33. The predicted octanol–water partition coefficient (Wildman–Crippen LogP) is 7.15. The van der Waals surface area contributed by atoms with E-state index in [1.165, 1.54) is 0 Å². The number of likely N-dealkylation sites (tertiary alicyclic amines) is 1. The Morgan fingerprint density at radius 2 is 1.64 bits per heavy atom. The first-order valence-corrected chi connectivity index (χ1v) is 12.6. The SMILES string of the molecule is CC(c1ccc(OC2CN(CCC(F)(F)F)C2)cc1)c1c(-c2ccc(O)cc2)sc2cc(O)ccc12. The lowest BCUT2D eigenvalue weighted by Crippen LogP contribution is -2.54. The maximum Gasteiger partial charge on any atom is 0.390 e. The Kier molecular flexibility index (Phi) is 6.57. The number of fused-ring (bicyclic) bond motifs is 1. The van der Waals surface area contributed by atoms with Crippen molar-refractivity contribution in [3.8, 4) is 27.7 Å². The van der Waals surface area contributed by atoms with Gasteiger partial charge in [-0.3, -0.25) is 4.90 Å². The Labute approximate surface area is 211 Å². The summed E-state index contributed by atoms with van der Waals surface area (Å²) in [7, 11) is 0. The van der Waals surface area contributed by atoms with Gasteiger partial charge in [0.2, 0.25) is 0 Å². The minimum Gasteiger partial charge on any atom is -0.508 e. The van der Waals surface area contributed by atoms with E-state index in [1.807, 2.05) is 42.5 Å². The van der Waals surface area contributed by atoms with Gasteiger partial charge in [-0.25, -0.2) is 0 Å². The van der Waals surface area contributed by atoms with Gasteiger partial charge in [-0.1, -0.05) is 19.1 Å². The smallest absolute Gasteiger partial charge is 0.390 e. The summed E-state index contributed by atoms with van der Waals surface area (Å²) in [5.41, 5.74) is 3.24. The highest BCUT2D eigenvalue weighted by atomic mass is 32.1. The largest absolute Gasteiger partial charge is 0.508 e. The van der Waals surface area contributed by atoms with Crippen LogP contribution in [-0.2, 0) is 0 Å². The molecule has 4 aromatic rings. The van der Waals surface area contributed by atoms with Crippen LogP contribution in [-0.4, -0.2) is 47.0 Å². The molecule has 1 unspecified atom stereocenters. The molecular formula is C28H26F3NO3S. The van der Waals surface area contributed by atoms with E-state index in [4.69, 9.17) is 4.74 Å². The fourth-order valence-electron chi connectivity index (χ4n) is 4.62. The van der Waals surface area contributed by atoms with E-state index < -0.39 is 12.6 Å². The van der Waals surface area contributed by atoms with Crippen molar-refractivity contribution in [2.45, 2.75) is 31.5 Å². The Morgan fingerprint density at radius 3 is 2.31 bits per heavy atom. The first kappa shape index (κ1) is 24.5. The van der Waals surface area contributed by atoms with Crippen LogP contribution in [0.25, 0.3) is 20.5 Å². The monoisotopic (exact) mass is 513 g/mol. The summed E-state index contributed by atoms with van der Waals surface area (Å²) in [6.45, 7) is 3.14. The topological polar surface area (TPSA) is 52.9 Å². The van der Waals surface area contributed by atoms with E-state index >= 15 is 0 Å². The number of aromatic hydroxyl groups is 2. The maximum absolute atomic E-state index is 12.4. The van der Waals surface area contributed by atoms with Crippen molar-refractivity contribution in [1.82, 2.24) is 4.90 Å². The number of rotatable bonds is 7. The lowest BCUT2D eigenvalue weighted by molar-refractivity contribution is -0.142. The quantitative estimate of drug-likeness (QED) is 0.276. The van der Waals surface area contributed by atoms with Gasteiger partial charge in [0.15, 0.2) is 0 Å². The molecule has 4 nitrogen and oxygen atoms in total. The number of hydrogen-bond donors (Lipinski definition) is 2. The molecular weight excluding hydrogens is 487 g/mol. The molecule has 0 saturated carbocycles. The maximum atomic E-state index is 12.4. The van der Waals surface area contributed by atoms with E-state index in [-0.39, 0.29) is 30.1 Å². The average molecular weight is 514 g/mol. The lowest BCUT2D eigenvalue weighted by atomic mass is 9.89. The Morgan fingerprint density at radius 1 is 0.972 bits per heavy atom. The van der Waals surface area contributed by atoms with Gasteiger partial charge in [0.1, 0.15) is 23.4 Å². The van der Waals surface area contributed by atoms with Crippen LogP contribution in [0.4, 0.5) is 13.2 Å². The van der Waals surface area contributed by atoms with Gasteiger partial charge in [-0.05, 0) is 76.7 Å². The highest BCUT2D eigenvalue weighted by Crippen LogP contribution is 2.45. The van der Waals surface area contributed by atoms with Crippen molar-refractivity contribution in [2.24, 2.45) is 0 Å². The molecule has 188 valence electrons. The van der Waals surface area contributed by atoms with Crippen LogP contribution in [0, 0.1) is 0 Å². The molecule has 36 heavy (non-hydrogen) atoms. The molecule has 1 aliphatic heterocycles. The lowest BCUT2D eigenvalue weighted by Gasteiger charge is -2.39. The minimum absolute atomic E-state index is 0.00947. The second-order valence-electron chi connectivity index (χ2n) is 9.23. The van der Waals surface area contributed by atoms with Gasteiger partial charge in [0.05, 0.1) is 6.42 Å². The van der Waals surface area contributed by atoms with Crippen LogP contribution in [0.3, 0.4) is 0 Å². The minimum atomic E-state index is -4.13. The van der Waals surface area contributed by atoms with Gasteiger partial charge < -0.3 is 14.9 Å². The molecule has 1 aliphatic rings. The zero-order valence-corrected chi connectivity index (χ0v) is 20.4. The first-order chi connectivity index (χ1) is 17.2. The zero-order valence-electron chi connectivity index (χ0n) is 19.6. The van der Waals surface area contributed by atoms with Gasteiger partial charge in [-0.15, -0.1) is 11.3 Å². The third-order valence-corrected chi connectivity index (χ3v) is 7.81. The number of ether oxygens (including phenoxy) is 1. The molecule has 3 aromatic carbocycles. The summed E-state index contributed by atoms with van der Waals surface area (Å²) in [6.07, 6.45) is -5.03. The molecule has 2 N–H and O–H groups in total. The zero-order chi connectivity index (χ0) is 25.4. The third-order valence-electron chi connectivity index (χ3n) is 6.59. The standard InChI is InChI=1S/C28H26F3NO3S/c1-17(18-4-9-22(10-5-18)35-23-15-32(16-23)13-12-28(29,30)31)26-24-11-8-21(34)14-25(24)36-27(26)19-2-6-20(33)7-3-19/h2-11,14,17,23,33-34H,12-13,15-16H2,1H3. The number of phenolic OH excluding ortho intramolecular Hbond substituents is 2. The number of hydrogen-bond acceptors (Lipinski definition) is 5. The normalized spacial score (nSPS) is 15.7. The Balaban J connectivity index is 1.33. The molecule has 0 radical (unpaired) electrons. The van der Waals surface area contributed by atoms with E-state index in [1.54, 1.807) is 40.5 Å². The van der Waals surface area contributed by atoms with E-state index in [2.05, 4.69) is 6.92 Å². The van der Waals surface area contributed by atoms with Gasteiger partial charge in [0.25, 0.3) is 0 Å². The molecule has 0 amide bonds. The molecule has 2 heterocycles. The van der Waals surface area contributed by atoms with Crippen molar-refractivity contribution in [2.75, 3.05) is 19.6 Å². The molecule has 1 atom stereocenters. The number of thiophene rings is 1. The molecule has 0 spiro atoms. The molecule has 1 fully saturated rings. The number of halogens is 3. The van der Waals surface area contributed by atoms with Crippen LogP contribution in [0.15, 0.2) is 66.7 Å². The summed E-state index contributed by atoms with van der Waals surface area (Å²) < 4.78 is 44.1. The van der Waals surface area contributed by atoms with Crippen LogP contribution in [0.5, 0.6) is 17.2 Å². The summed E-state index contributed by atoms with van der Waals surface area (Å²) in [5.74, 6) is 1.17. The molecule has 0 bridgehead atoms. The van der Waals surface area contributed by atoms with E-state index in [0.717, 1.165) is 31.7 Å². The highest BCUT2D eigenvalue weighted by molar-refractivity contribution is 7.22. The molecule has 5 rings (SSSR count). The molecule has 1 saturated heterocycles. The predicted molar refractivity (Wildman–Crippen MR) is 136 cm³/mol. The van der Waals surface area contributed by atoms with Crippen LogP contribution in [0.2, 0.25) is 0 Å². The summed E-state index contributed by atoms with van der Waals surface area (Å²) in [6, 6.07) is 20.4. The number of phenols is 2. The summed E-state index contributed by atoms with van der Waals surface area (Å²) in [4.78, 5) is 2.83. The summed E-state index contributed by atoms with van der Waals surface area (Å²) in [5, 5.41) is 20.8. The van der Waals surface area contributed by atoms with Gasteiger partial charge >= 0.3 is 6.18 Å². The van der Waals surface area contributed by atoms with Crippen molar-refractivity contribution >= 4 is 21.4 Å². The van der Waals surface area contributed by atoms with Crippen molar-refractivity contribution in [3.63, 3.8) is 0 Å². The molecule has 1 aromatic heterocycles. The fourth-order valence-corrected chi connectivity index (χ4v) is 5.96. The second-order valence-corrected chi connectivity index (χ2v) is 10.3. The molecule has 8 heteroatoms. The first-order valence-electron chi connectivity index (χ1n) is 11.8. The van der Waals surface area contributed by atoms with Crippen LogP contribution >= 0.6 is 11.3 Å². The third kappa shape index (κ3) is 5.29. The number of alkyl halides is 3. The van der Waals surface area contributed by atoms with Crippen LogP contribution in [0.1, 0.15) is 30.4 Å². The van der Waals surface area contributed by atoms with Gasteiger partial charge in [-0.2, -0.15) is 13.2 Å². The van der Waals surface area contributed by atoms with Crippen LogP contribution < -0.4 is 4.74 Å². The summed E-state index contributed by atoms with van der Waals surface area (Å²) >= 11 is 1.61. The second kappa shape index (κ2) is 9.67. The fraction of sp³-hybridized carbons (Fsp3) is 0.286. The number of nitrogens with zero attached hydrogens (tertiary/aromatic N) is 1. The molecule has 0 aliphatic carbocycles.